The van der Waals surface area contributed by atoms with Crippen molar-refractivity contribution in [2.24, 2.45) is 11.7 Å². The van der Waals surface area contributed by atoms with Crippen LogP contribution in [0.1, 0.15) is 24.0 Å². The van der Waals surface area contributed by atoms with Crippen LogP contribution in [-0.4, -0.2) is 26.0 Å². The van der Waals surface area contributed by atoms with Crippen LogP contribution in [0.4, 0.5) is 18.9 Å². The number of nitrogens with two attached hydrogens (primary N) is 1. The lowest BCUT2D eigenvalue weighted by Gasteiger charge is -2.15. The molecule has 3 aromatic rings. The highest BCUT2D eigenvalue weighted by molar-refractivity contribution is 7.80. The van der Waals surface area contributed by atoms with E-state index in [-0.39, 0.29) is 16.8 Å². The van der Waals surface area contributed by atoms with Crippen LogP contribution in [0, 0.1) is 5.92 Å². The molecule has 6 nitrogen and oxygen atoms in total. The molecule has 0 unspecified atom stereocenters. The van der Waals surface area contributed by atoms with E-state index in [0.29, 0.717) is 40.2 Å². The van der Waals surface area contributed by atoms with Gasteiger partial charge in [0.1, 0.15) is 5.75 Å². The molecule has 0 saturated heterocycles. The van der Waals surface area contributed by atoms with Crippen molar-refractivity contribution in [2.45, 2.75) is 24.1 Å². The molecule has 1 amide bonds. The maximum Gasteiger partial charge on any atom is 0.573 e. The first-order valence-electron chi connectivity index (χ1n) is 12.1. The summed E-state index contributed by atoms with van der Waals surface area (Å²) in [6.07, 6.45) is 0.639. The molecule has 39 heavy (non-hydrogen) atoms. The van der Waals surface area contributed by atoms with Gasteiger partial charge in [0.15, 0.2) is 11.5 Å². The Morgan fingerprint density at radius 1 is 1.08 bits per heavy atom. The molecule has 0 heterocycles. The molecule has 3 aromatic carbocycles. The van der Waals surface area contributed by atoms with Crippen molar-refractivity contribution >= 4 is 35.9 Å². The van der Waals surface area contributed by atoms with Gasteiger partial charge in [-0.1, -0.05) is 36.4 Å². The summed E-state index contributed by atoms with van der Waals surface area (Å²) >= 11 is 4.37. The Morgan fingerprint density at radius 2 is 1.79 bits per heavy atom. The van der Waals surface area contributed by atoms with Gasteiger partial charge in [0, 0.05) is 16.2 Å². The monoisotopic (exact) mass is 556 g/mol. The molecule has 1 fully saturated rings. The summed E-state index contributed by atoms with van der Waals surface area (Å²) in [4.78, 5) is 13.9. The Kier molecular flexibility index (Phi) is 8.75. The number of ether oxygens (including phenoxy) is 3. The zero-order valence-corrected chi connectivity index (χ0v) is 21.9. The molecular formula is C29H27F3N2O4S. The minimum Gasteiger partial charge on any atom is -0.493 e. The summed E-state index contributed by atoms with van der Waals surface area (Å²) in [7, 11) is 1.55. The van der Waals surface area contributed by atoms with Crippen LogP contribution in [0.2, 0.25) is 0 Å². The molecule has 0 aromatic heterocycles. The van der Waals surface area contributed by atoms with Gasteiger partial charge in [0.05, 0.1) is 25.0 Å². The maximum absolute atomic E-state index is 13.4. The summed E-state index contributed by atoms with van der Waals surface area (Å²) in [5.41, 5.74) is 7.95. The molecule has 204 valence electrons. The second kappa shape index (κ2) is 12.2. The first-order chi connectivity index (χ1) is 18.6. The molecule has 3 N–H and O–H groups in total. The van der Waals surface area contributed by atoms with E-state index in [4.69, 9.17) is 15.2 Å². The third-order valence-corrected chi connectivity index (χ3v) is 6.27. The molecular weight excluding hydrogens is 529 g/mol. The number of methoxy groups -OCH3 is 1. The summed E-state index contributed by atoms with van der Waals surface area (Å²) in [5, 5.41) is 2.77. The zero-order valence-electron chi connectivity index (χ0n) is 21.0. The Morgan fingerprint density at radius 3 is 2.44 bits per heavy atom. The normalized spacial score (nSPS) is 14.1. The standard InChI is InChI=1S/C29H27F3N2O4S/c1-36-24-7-4-5-20(27(24)37-17-18-9-10-18)13-16-22(33)26(28(35)34-23-6-2-3-8-25(23)39)19-11-14-21(15-12-19)38-29(30,31)32/h2-8,11-16,18,39H,9-10,17,33H2,1H3,(H,34,35)/b16-13+,26-22-. The third kappa shape index (κ3) is 7.73. The van der Waals surface area contributed by atoms with Crippen molar-refractivity contribution in [3.8, 4) is 17.2 Å². The van der Waals surface area contributed by atoms with Crippen molar-refractivity contribution in [3.05, 3.63) is 89.6 Å². The highest BCUT2D eigenvalue weighted by atomic mass is 32.1. The average molecular weight is 557 g/mol. The van der Waals surface area contributed by atoms with Crippen LogP contribution in [0.3, 0.4) is 0 Å². The second-order valence-electron chi connectivity index (χ2n) is 8.84. The van der Waals surface area contributed by atoms with E-state index in [9.17, 15) is 18.0 Å². The average Bonchev–Trinajstić information content (AvgIpc) is 3.72. The van der Waals surface area contributed by atoms with Gasteiger partial charge in [0.25, 0.3) is 5.91 Å². The topological polar surface area (TPSA) is 82.8 Å². The van der Waals surface area contributed by atoms with Crippen molar-refractivity contribution in [3.63, 3.8) is 0 Å². The number of carbonyl (C=O) groups excluding carboxylic acids is 1. The SMILES string of the molecule is COc1cccc(/C=C/C(N)=C(/C(=O)Nc2ccccc2S)c2ccc(OC(F)(F)F)cc2)c1OCC1CC1. The van der Waals surface area contributed by atoms with E-state index < -0.39 is 18.0 Å². The van der Waals surface area contributed by atoms with Crippen LogP contribution >= 0.6 is 12.6 Å². The predicted octanol–water partition coefficient (Wildman–Crippen LogP) is 6.69. The molecule has 0 atom stereocenters. The lowest BCUT2D eigenvalue weighted by Crippen LogP contribution is -2.18. The van der Waals surface area contributed by atoms with E-state index in [1.54, 1.807) is 55.7 Å². The number of thiol groups is 1. The maximum atomic E-state index is 13.4. The molecule has 0 radical (unpaired) electrons. The summed E-state index contributed by atoms with van der Waals surface area (Å²) < 4.78 is 53.4. The third-order valence-electron chi connectivity index (χ3n) is 5.88. The van der Waals surface area contributed by atoms with Crippen LogP contribution in [0.25, 0.3) is 11.6 Å². The molecule has 0 bridgehead atoms. The Balaban J connectivity index is 1.70. The van der Waals surface area contributed by atoms with Gasteiger partial charge >= 0.3 is 6.36 Å². The van der Waals surface area contributed by atoms with Gasteiger partial charge in [-0.05, 0) is 66.8 Å². The van der Waals surface area contributed by atoms with Crippen LogP contribution in [0.5, 0.6) is 17.2 Å². The summed E-state index contributed by atoms with van der Waals surface area (Å²) in [6.45, 7) is 0.565. The predicted molar refractivity (Wildman–Crippen MR) is 147 cm³/mol. The van der Waals surface area contributed by atoms with Crippen molar-refractivity contribution in [1.82, 2.24) is 0 Å². The number of hydrogen-bond donors (Lipinski definition) is 3. The van der Waals surface area contributed by atoms with Gasteiger partial charge in [-0.25, -0.2) is 0 Å². The minimum atomic E-state index is -4.84. The van der Waals surface area contributed by atoms with E-state index in [0.717, 1.165) is 25.0 Å². The van der Waals surface area contributed by atoms with Crippen LogP contribution < -0.4 is 25.3 Å². The van der Waals surface area contributed by atoms with E-state index in [2.05, 4.69) is 22.7 Å². The van der Waals surface area contributed by atoms with Crippen LogP contribution in [-0.2, 0) is 4.79 Å². The van der Waals surface area contributed by atoms with Crippen LogP contribution in [0.15, 0.2) is 83.4 Å². The van der Waals surface area contributed by atoms with Gasteiger partial charge in [0.2, 0.25) is 0 Å². The second-order valence-corrected chi connectivity index (χ2v) is 9.32. The number of para-hydroxylation sites is 2. The number of anilines is 1. The Hall–Kier alpha value is -4.05. The molecule has 0 aliphatic heterocycles. The number of amides is 1. The van der Waals surface area contributed by atoms with Crippen molar-refractivity contribution < 1.29 is 32.2 Å². The highest BCUT2D eigenvalue weighted by Crippen LogP contribution is 2.36. The van der Waals surface area contributed by atoms with E-state index >= 15 is 0 Å². The molecule has 0 spiro atoms. The van der Waals surface area contributed by atoms with Crippen molar-refractivity contribution in [1.29, 1.82) is 0 Å². The number of hydrogen-bond acceptors (Lipinski definition) is 6. The fourth-order valence-electron chi connectivity index (χ4n) is 3.74. The number of benzene rings is 3. The largest absolute Gasteiger partial charge is 0.573 e. The molecule has 1 aliphatic carbocycles. The number of carbonyl (C=O) groups is 1. The van der Waals surface area contributed by atoms with Gasteiger partial charge in [-0.15, -0.1) is 25.8 Å². The van der Waals surface area contributed by atoms with E-state index in [1.807, 2.05) is 6.07 Å². The smallest absolute Gasteiger partial charge is 0.493 e. The summed E-state index contributed by atoms with van der Waals surface area (Å²) in [6, 6.07) is 17.2. The fourth-order valence-corrected chi connectivity index (χ4v) is 3.96. The van der Waals surface area contributed by atoms with Crippen molar-refractivity contribution in [2.75, 3.05) is 19.0 Å². The Bertz CT molecular complexity index is 1380. The first kappa shape index (κ1) is 28.0. The lowest BCUT2D eigenvalue weighted by molar-refractivity contribution is -0.274. The number of halogens is 3. The Labute approximate surface area is 229 Å². The molecule has 10 heteroatoms. The van der Waals surface area contributed by atoms with Gasteiger partial charge < -0.3 is 25.3 Å². The quantitative estimate of drug-likeness (QED) is 0.147. The minimum absolute atomic E-state index is 0.0461. The molecule has 1 saturated carbocycles. The molecule has 1 aliphatic rings. The number of nitrogens with one attached hydrogen (secondary N) is 1. The summed E-state index contributed by atoms with van der Waals surface area (Å²) in [5.74, 6) is 0.642. The molecule has 4 rings (SSSR count). The lowest BCUT2D eigenvalue weighted by atomic mass is 10.0. The fraction of sp³-hybridized carbons (Fsp3) is 0.207. The number of rotatable bonds is 10. The first-order valence-corrected chi connectivity index (χ1v) is 12.5. The van der Waals surface area contributed by atoms with Gasteiger partial charge in [-0.3, -0.25) is 4.79 Å². The highest BCUT2D eigenvalue weighted by Gasteiger charge is 2.31. The number of alkyl halides is 3. The zero-order chi connectivity index (χ0) is 28.0. The number of allylic oxidation sites excluding steroid dienone is 1. The van der Waals surface area contributed by atoms with E-state index in [1.165, 1.54) is 12.1 Å². The van der Waals surface area contributed by atoms with Gasteiger partial charge in [-0.2, -0.15) is 0 Å².